The molecular weight excluding hydrogens is 264 g/mol. The molecule has 20 heavy (non-hydrogen) atoms. The minimum Gasteiger partial charge on any atom is -0.395 e. The van der Waals surface area contributed by atoms with Crippen LogP contribution in [0.15, 0.2) is 18.2 Å². The van der Waals surface area contributed by atoms with Gasteiger partial charge >= 0.3 is 0 Å². The Labute approximate surface area is 117 Å². The fourth-order valence-electron chi connectivity index (χ4n) is 2.29. The molecule has 0 unspecified atom stereocenters. The maximum atomic E-state index is 13.0. The molecule has 1 N–H and O–H groups in total. The summed E-state index contributed by atoms with van der Waals surface area (Å²) < 4.78 is 25.8. The average molecular weight is 283 g/mol. The first-order valence-corrected chi connectivity index (χ1v) is 6.96. The molecule has 0 radical (unpaired) electrons. The van der Waals surface area contributed by atoms with E-state index in [2.05, 4.69) is 0 Å². The van der Waals surface area contributed by atoms with Crippen LogP contribution in [-0.2, 0) is 11.2 Å². The Morgan fingerprint density at radius 3 is 2.65 bits per heavy atom. The standard InChI is InChI=1S/C15H19F2NO2/c16-13-7-4-11(10-14(13)17)2-1-3-15(20)18(8-9-19)12-5-6-12/h4,7,10,12,19H,1-3,5-6,8-9H2. The third-order valence-electron chi connectivity index (χ3n) is 3.49. The molecule has 0 bridgehead atoms. The summed E-state index contributed by atoms with van der Waals surface area (Å²) >= 11 is 0. The predicted octanol–water partition coefficient (Wildman–Crippen LogP) is 2.27. The minimum atomic E-state index is -0.854. The molecule has 0 atom stereocenters. The monoisotopic (exact) mass is 283 g/mol. The Morgan fingerprint density at radius 2 is 2.05 bits per heavy atom. The number of halogens is 2. The van der Waals surface area contributed by atoms with Crippen molar-refractivity contribution < 1.29 is 18.7 Å². The van der Waals surface area contributed by atoms with Crippen molar-refractivity contribution in [3.8, 4) is 0 Å². The van der Waals surface area contributed by atoms with Crippen LogP contribution in [0, 0.1) is 11.6 Å². The molecule has 0 aliphatic heterocycles. The third kappa shape index (κ3) is 4.00. The van der Waals surface area contributed by atoms with E-state index in [1.807, 2.05) is 0 Å². The zero-order valence-corrected chi connectivity index (χ0v) is 11.3. The topological polar surface area (TPSA) is 40.5 Å². The van der Waals surface area contributed by atoms with Gasteiger partial charge in [-0.15, -0.1) is 0 Å². The lowest BCUT2D eigenvalue weighted by molar-refractivity contribution is -0.132. The summed E-state index contributed by atoms with van der Waals surface area (Å²) in [5, 5.41) is 8.95. The van der Waals surface area contributed by atoms with E-state index >= 15 is 0 Å². The highest BCUT2D eigenvalue weighted by Crippen LogP contribution is 2.27. The van der Waals surface area contributed by atoms with Crippen LogP contribution in [-0.4, -0.2) is 35.1 Å². The molecule has 0 aromatic heterocycles. The summed E-state index contributed by atoms with van der Waals surface area (Å²) in [7, 11) is 0. The van der Waals surface area contributed by atoms with Gasteiger partial charge in [0.25, 0.3) is 0 Å². The molecule has 2 rings (SSSR count). The largest absolute Gasteiger partial charge is 0.395 e. The van der Waals surface area contributed by atoms with Crippen LogP contribution < -0.4 is 0 Å². The number of carbonyl (C=O) groups excluding carboxylic acids is 1. The summed E-state index contributed by atoms with van der Waals surface area (Å²) in [6, 6.07) is 4.11. The van der Waals surface area contributed by atoms with Crippen LogP contribution in [0.4, 0.5) is 8.78 Å². The highest BCUT2D eigenvalue weighted by Gasteiger charge is 2.31. The van der Waals surface area contributed by atoms with Crippen molar-refractivity contribution in [3.63, 3.8) is 0 Å². The molecule has 1 aromatic rings. The Balaban J connectivity index is 1.79. The van der Waals surface area contributed by atoms with Crippen molar-refractivity contribution in [1.82, 2.24) is 4.90 Å². The number of rotatable bonds is 7. The van der Waals surface area contributed by atoms with Crippen molar-refractivity contribution in [2.45, 2.75) is 38.1 Å². The molecule has 5 heteroatoms. The highest BCUT2D eigenvalue weighted by atomic mass is 19.2. The fourth-order valence-corrected chi connectivity index (χ4v) is 2.29. The van der Waals surface area contributed by atoms with E-state index in [0.29, 0.717) is 31.4 Å². The predicted molar refractivity (Wildman–Crippen MR) is 71.1 cm³/mol. The molecule has 1 saturated carbocycles. The van der Waals surface area contributed by atoms with Gasteiger partial charge in [-0.2, -0.15) is 0 Å². The molecular formula is C15H19F2NO2. The number of aliphatic hydroxyl groups excluding tert-OH is 1. The van der Waals surface area contributed by atoms with Crippen molar-refractivity contribution in [3.05, 3.63) is 35.4 Å². The molecule has 1 aromatic carbocycles. The maximum absolute atomic E-state index is 13.0. The van der Waals surface area contributed by atoms with Crippen LogP contribution in [0.1, 0.15) is 31.2 Å². The van der Waals surface area contributed by atoms with Crippen LogP contribution in [0.2, 0.25) is 0 Å². The van der Waals surface area contributed by atoms with Gasteiger partial charge in [0.1, 0.15) is 0 Å². The van der Waals surface area contributed by atoms with Gasteiger partial charge in [0.15, 0.2) is 11.6 Å². The zero-order valence-electron chi connectivity index (χ0n) is 11.3. The summed E-state index contributed by atoms with van der Waals surface area (Å²) in [5.41, 5.74) is 0.692. The Morgan fingerprint density at radius 1 is 1.30 bits per heavy atom. The molecule has 1 fully saturated rings. The smallest absolute Gasteiger partial charge is 0.222 e. The Bertz CT molecular complexity index is 475. The number of amides is 1. The molecule has 110 valence electrons. The van der Waals surface area contributed by atoms with Gasteiger partial charge < -0.3 is 10.0 Å². The minimum absolute atomic E-state index is 0.0224. The number of aryl methyl sites for hydroxylation is 1. The molecule has 3 nitrogen and oxygen atoms in total. The van der Waals surface area contributed by atoms with Gasteiger partial charge in [-0.05, 0) is 43.4 Å². The van der Waals surface area contributed by atoms with Gasteiger partial charge in [0, 0.05) is 19.0 Å². The second-order valence-corrected chi connectivity index (χ2v) is 5.14. The SMILES string of the molecule is O=C(CCCc1ccc(F)c(F)c1)N(CCO)C1CC1. The number of aliphatic hydroxyl groups is 1. The number of benzene rings is 1. The van der Waals surface area contributed by atoms with Gasteiger partial charge in [0.05, 0.1) is 6.61 Å². The van der Waals surface area contributed by atoms with Crippen molar-refractivity contribution in [1.29, 1.82) is 0 Å². The first-order valence-electron chi connectivity index (χ1n) is 6.96. The summed E-state index contributed by atoms with van der Waals surface area (Å²) in [4.78, 5) is 13.7. The average Bonchev–Trinajstić information content (AvgIpc) is 3.24. The first kappa shape index (κ1) is 14.9. The fraction of sp³-hybridized carbons (Fsp3) is 0.533. The van der Waals surface area contributed by atoms with Gasteiger partial charge in [-0.25, -0.2) is 8.78 Å². The van der Waals surface area contributed by atoms with E-state index in [4.69, 9.17) is 5.11 Å². The Kier molecular flexibility index (Phi) is 5.06. The van der Waals surface area contributed by atoms with Crippen LogP contribution in [0.25, 0.3) is 0 Å². The van der Waals surface area contributed by atoms with Gasteiger partial charge in [-0.1, -0.05) is 6.07 Å². The number of hydrogen-bond acceptors (Lipinski definition) is 2. The summed E-state index contributed by atoms with van der Waals surface area (Å²) in [6.45, 7) is 0.361. The van der Waals surface area contributed by atoms with Crippen LogP contribution >= 0.6 is 0 Å². The van der Waals surface area contributed by atoms with E-state index in [1.54, 1.807) is 4.90 Å². The van der Waals surface area contributed by atoms with Crippen molar-refractivity contribution >= 4 is 5.91 Å². The lowest BCUT2D eigenvalue weighted by Gasteiger charge is -2.21. The van der Waals surface area contributed by atoms with E-state index in [0.717, 1.165) is 18.9 Å². The summed E-state index contributed by atoms with van der Waals surface area (Å²) in [5.74, 6) is -1.68. The quantitative estimate of drug-likeness (QED) is 0.834. The number of nitrogens with zero attached hydrogens (tertiary/aromatic N) is 1. The van der Waals surface area contributed by atoms with Gasteiger partial charge in [-0.3, -0.25) is 4.79 Å². The van der Waals surface area contributed by atoms with E-state index in [9.17, 15) is 13.6 Å². The van der Waals surface area contributed by atoms with E-state index in [1.165, 1.54) is 12.1 Å². The van der Waals surface area contributed by atoms with Gasteiger partial charge in [0.2, 0.25) is 5.91 Å². The molecule has 0 heterocycles. The lowest BCUT2D eigenvalue weighted by Crippen LogP contribution is -2.35. The molecule has 1 aliphatic rings. The molecule has 1 aliphatic carbocycles. The molecule has 1 amide bonds. The first-order chi connectivity index (χ1) is 9.61. The second-order valence-electron chi connectivity index (χ2n) is 5.14. The number of hydrogen-bond donors (Lipinski definition) is 1. The molecule has 0 spiro atoms. The highest BCUT2D eigenvalue weighted by molar-refractivity contribution is 5.76. The van der Waals surface area contributed by atoms with E-state index in [-0.39, 0.29) is 18.6 Å². The zero-order chi connectivity index (χ0) is 14.5. The van der Waals surface area contributed by atoms with Crippen LogP contribution in [0.5, 0.6) is 0 Å². The van der Waals surface area contributed by atoms with Crippen molar-refractivity contribution in [2.75, 3.05) is 13.2 Å². The maximum Gasteiger partial charge on any atom is 0.222 e. The van der Waals surface area contributed by atoms with Crippen LogP contribution in [0.3, 0.4) is 0 Å². The van der Waals surface area contributed by atoms with E-state index < -0.39 is 11.6 Å². The normalized spacial score (nSPS) is 14.3. The number of carbonyl (C=O) groups is 1. The summed E-state index contributed by atoms with van der Waals surface area (Å²) in [6.07, 6.45) is 3.53. The van der Waals surface area contributed by atoms with Crippen molar-refractivity contribution in [2.24, 2.45) is 0 Å². The third-order valence-corrected chi connectivity index (χ3v) is 3.49. The Hall–Kier alpha value is -1.49. The lowest BCUT2D eigenvalue weighted by atomic mass is 10.1. The molecule has 0 saturated heterocycles. The second kappa shape index (κ2) is 6.79.